The van der Waals surface area contributed by atoms with Crippen LogP contribution in [-0.2, 0) is 23.6 Å². The Morgan fingerprint density at radius 1 is 1.28 bits per heavy atom. The highest BCUT2D eigenvalue weighted by Crippen LogP contribution is 2.17. The molecule has 9 nitrogen and oxygen atoms in total. The molecule has 25 heavy (non-hydrogen) atoms. The number of amides is 1. The van der Waals surface area contributed by atoms with E-state index in [4.69, 9.17) is 10.5 Å². The molecular weight excluding hydrogens is 346 g/mol. The van der Waals surface area contributed by atoms with Crippen LogP contribution in [-0.4, -0.2) is 45.6 Å². The molecule has 0 bridgehead atoms. The van der Waals surface area contributed by atoms with Gasteiger partial charge in [0.2, 0.25) is 5.91 Å². The standard InChI is InChI=1S/C15H25N5O4S/c1-5-7-24-8-6-17-11(21)9-25-10(2)18-13-12(16)14(22)20(4)15(23)19(13)3/h5-9,16H2,1-4H3,(H,17,21). The Balaban J connectivity index is 2.67. The van der Waals surface area contributed by atoms with Crippen LogP contribution in [0.2, 0.25) is 0 Å². The summed E-state index contributed by atoms with van der Waals surface area (Å²) in [4.78, 5) is 39.8. The van der Waals surface area contributed by atoms with Gasteiger partial charge in [-0.1, -0.05) is 6.92 Å². The molecular formula is C15H25N5O4S. The maximum atomic E-state index is 11.9. The van der Waals surface area contributed by atoms with Gasteiger partial charge in [-0.2, -0.15) is 0 Å². The topological polar surface area (TPSA) is 121 Å². The number of rotatable bonds is 8. The molecule has 1 amide bonds. The molecule has 3 N–H and O–H groups in total. The molecule has 0 fully saturated rings. The highest BCUT2D eigenvalue weighted by molar-refractivity contribution is 8.14. The first kappa shape index (κ1) is 21.0. The van der Waals surface area contributed by atoms with Gasteiger partial charge in [0.25, 0.3) is 5.56 Å². The second kappa shape index (κ2) is 10.0. The molecule has 0 atom stereocenters. The Bertz CT molecular complexity index is 716. The lowest BCUT2D eigenvalue weighted by atomic mass is 10.4. The van der Waals surface area contributed by atoms with E-state index < -0.39 is 11.2 Å². The molecule has 1 rings (SSSR count). The van der Waals surface area contributed by atoms with E-state index >= 15 is 0 Å². The number of hydrogen-bond donors (Lipinski definition) is 2. The van der Waals surface area contributed by atoms with Crippen molar-refractivity contribution >= 4 is 34.2 Å². The fourth-order valence-corrected chi connectivity index (χ4v) is 2.50. The fourth-order valence-electron chi connectivity index (χ4n) is 1.91. The first-order chi connectivity index (χ1) is 11.8. The van der Waals surface area contributed by atoms with Crippen molar-refractivity contribution in [2.24, 2.45) is 19.1 Å². The van der Waals surface area contributed by atoms with Gasteiger partial charge in [0, 0.05) is 27.2 Å². The van der Waals surface area contributed by atoms with Crippen molar-refractivity contribution in [1.29, 1.82) is 0 Å². The van der Waals surface area contributed by atoms with E-state index in [9.17, 15) is 14.4 Å². The summed E-state index contributed by atoms with van der Waals surface area (Å²) in [6.07, 6.45) is 0.938. The number of carbonyl (C=O) groups is 1. The van der Waals surface area contributed by atoms with E-state index in [0.29, 0.717) is 24.8 Å². The van der Waals surface area contributed by atoms with Crippen LogP contribution in [0.1, 0.15) is 20.3 Å². The largest absolute Gasteiger partial charge is 0.391 e. The summed E-state index contributed by atoms with van der Waals surface area (Å²) in [6, 6.07) is 0. The summed E-state index contributed by atoms with van der Waals surface area (Å²) in [5, 5.41) is 3.26. The van der Waals surface area contributed by atoms with Gasteiger partial charge in [-0.15, -0.1) is 11.8 Å². The molecule has 0 aliphatic carbocycles. The normalized spacial score (nSPS) is 11.6. The number of nitrogen functional groups attached to an aromatic ring is 1. The second-order valence-electron chi connectivity index (χ2n) is 5.32. The summed E-state index contributed by atoms with van der Waals surface area (Å²) in [5.74, 6) is 0.110. The second-order valence-corrected chi connectivity index (χ2v) is 6.49. The molecule has 0 saturated carbocycles. The van der Waals surface area contributed by atoms with E-state index in [0.717, 1.165) is 11.0 Å². The number of thioether (sulfide) groups is 1. The molecule has 1 heterocycles. The molecule has 1 aromatic rings. The van der Waals surface area contributed by atoms with Crippen LogP contribution in [0.5, 0.6) is 0 Å². The van der Waals surface area contributed by atoms with Crippen LogP contribution >= 0.6 is 11.8 Å². The summed E-state index contributed by atoms with van der Waals surface area (Å²) >= 11 is 1.20. The minimum Gasteiger partial charge on any atom is -0.391 e. The number of aromatic nitrogens is 2. The molecule has 10 heteroatoms. The van der Waals surface area contributed by atoms with Crippen LogP contribution in [0.4, 0.5) is 11.5 Å². The summed E-state index contributed by atoms with van der Waals surface area (Å²) in [5.41, 5.74) is 4.54. The predicted octanol–water partition coefficient (Wildman–Crippen LogP) is -0.00790. The zero-order chi connectivity index (χ0) is 19.0. The minimum absolute atomic E-state index is 0.0893. The number of aliphatic imine (C=N–C) groups is 1. The molecule has 140 valence electrons. The van der Waals surface area contributed by atoms with Crippen molar-refractivity contribution < 1.29 is 9.53 Å². The van der Waals surface area contributed by atoms with E-state index in [2.05, 4.69) is 10.3 Å². The van der Waals surface area contributed by atoms with Crippen LogP contribution in [0.25, 0.3) is 0 Å². The SMILES string of the molecule is CCCOCCNC(=O)CSC(C)=Nc1c(N)c(=O)n(C)c(=O)n1C. The fraction of sp³-hybridized carbons (Fsp3) is 0.600. The van der Waals surface area contributed by atoms with Gasteiger partial charge in [0.1, 0.15) is 5.69 Å². The van der Waals surface area contributed by atoms with Crippen molar-refractivity contribution in [3.63, 3.8) is 0 Å². The minimum atomic E-state index is -0.593. The van der Waals surface area contributed by atoms with Crippen LogP contribution < -0.4 is 22.3 Å². The predicted molar refractivity (Wildman–Crippen MR) is 101 cm³/mol. The summed E-state index contributed by atoms with van der Waals surface area (Å²) in [6.45, 7) is 5.30. The smallest absolute Gasteiger partial charge is 0.332 e. The lowest BCUT2D eigenvalue weighted by Gasteiger charge is -2.10. The van der Waals surface area contributed by atoms with Crippen molar-refractivity contribution in [2.75, 3.05) is 31.2 Å². The molecule has 0 aliphatic heterocycles. The highest BCUT2D eigenvalue weighted by Gasteiger charge is 2.12. The van der Waals surface area contributed by atoms with E-state index in [1.807, 2.05) is 6.92 Å². The first-order valence-corrected chi connectivity index (χ1v) is 8.86. The Morgan fingerprint density at radius 2 is 1.96 bits per heavy atom. The van der Waals surface area contributed by atoms with Crippen molar-refractivity contribution in [2.45, 2.75) is 20.3 Å². The maximum Gasteiger partial charge on any atom is 0.332 e. The van der Waals surface area contributed by atoms with Gasteiger partial charge in [-0.05, 0) is 13.3 Å². The third-order valence-corrected chi connectivity index (χ3v) is 4.18. The zero-order valence-corrected chi connectivity index (χ0v) is 15.8. The Morgan fingerprint density at radius 3 is 2.60 bits per heavy atom. The lowest BCUT2D eigenvalue weighted by Crippen LogP contribution is -2.38. The Labute approximate surface area is 150 Å². The van der Waals surface area contributed by atoms with Crippen LogP contribution in [0.15, 0.2) is 14.6 Å². The number of nitrogens with zero attached hydrogens (tertiary/aromatic N) is 3. The van der Waals surface area contributed by atoms with Gasteiger partial charge in [-0.3, -0.25) is 18.7 Å². The third-order valence-electron chi connectivity index (χ3n) is 3.26. The molecule has 1 aromatic heterocycles. The lowest BCUT2D eigenvalue weighted by molar-refractivity contribution is -0.118. The summed E-state index contributed by atoms with van der Waals surface area (Å²) in [7, 11) is 2.84. The highest BCUT2D eigenvalue weighted by atomic mass is 32.2. The van der Waals surface area contributed by atoms with Gasteiger partial charge < -0.3 is 15.8 Å². The zero-order valence-electron chi connectivity index (χ0n) is 15.0. The van der Waals surface area contributed by atoms with E-state index in [1.165, 1.54) is 30.4 Å². The van der Waals surface area contributed by atoms with Crippen LogP contribution in [0.3, 0.4) is 0 Å². The summed E-state index contributed by atoms with van der Waals surface area (Å²) < 4.78 is 7.39. The molecule has 0 saturated heterocycles. The van der Waals surface area contributed by atoms with E-state index in [-0.39, 0.29) is 23.2 Å². The maximum absolute atomic E-state index is 11.9. The molecule has 0 radical (unpaired) electrons. The number of anilines is 1. The van der Waals surface area contributed by atoms with Gasteiger partial charge >= 0.3 is 5.69 Å². The molecule has 0 spiro atoms. The van der Waals surface area contributed by atoms with Crippen LogP contribution in [0, 0.1) is 0 Å². The van der Waals surface area contributed by atoms with Crippen molar-refractivity contribution in [3.05, 3.63) is 20.8 Å². The Hall–Kier alpha value is -2.07. The van der Waals surface area contributed by atoms with Gasteiger partial charge in [-0.25, -0.2) is 9.79 Å². The average Bonchev–Trinajstić information content (AvgIpc) is 2.60. The monoisotopic (exact) mass is 371 g/mol. The number of hydrogen-bond acceptors (Lipinski definition) is 7. The quantitative estimate of drug-likeness (QED) is 0.377. The van der Waals surface area contributed by atoms with Gasteiger partial charge in [0.15, 0.2) is 5.82 Å². The third kappa shape index (κ3) is 6.05. The number of ether oxygens (including phenoxy) is 1. The van der Waals surface area contributed by atoms with Crippen molar-refractivity contribution in [1.82, 2.24) is 14.5 Å². The van der Waals surface area contributed by atoms with E-state index in [1.54, 1.807) is 6.92 Å². The number of carbonyl (C=O) groups excluding carboxylic acids is 1. The first-order valence-electron chi connectivity index (χ1n) is 7.87. The number of nitrogens with two attached hydrogens (primary N) is 1. The van der Waals surface area contributed by atoms with Crippen molar-refractivity contribution in [3.8, 4) is 0 Å². The number of nitrogens with one attached hydrogen (secondary N) is 1. The molecule has 0 unspecified atom stereocenters. The molecule has 0 aliphatic rings. The Kier molecular flexibility index (Phi) is 8.42. The average molecular weight is 371 g/mol. The van der Waals surface area contributed by atoms with Gasteiger partial charge in [0.05, 0.1) is 17.4 Å². The molecule has 0 aromatic carbocycles.